The molecule has 5 nitrogen and oxygen atoms in total. The zero-order chi connectivity index (χ0) is 17.1. The van der Waals surface area contributed by atoms with Gasteiger partial charge in [-0.25, -0.2) is 9.67 Å². The quantitative estimate of drug-likeness (QED) is 0.676. The molecule has 0 aliphatic heterocycles. The Labute approximate surface area is 142 Å². The van der Waals surface area contributed by atoms with Crippen molar-refractivity contribution in [2.45, 2.75) is 58.9 Å². The van der Waals surface area contributed by atoms with E-state index in [1.54, 1.807) is 13.1 Å². The van der Waals surface area contributed by atoms with Crippen LogP contribution in [0.4, 0.5) is 5.69 Å². The number of ketones is 1. The number of aryl methyl sites for hydroxylation is 2. The van der Waals surface area contributed by atoms with Crippen LogP contribution in [0.15, 0.2) is 6.20 Å². The second-order valence-corrected chi connectivity index (χ2v) is 6.39. The number of hydrogen-bond acceptors (Lipinski definition) is 4. The fourth-order valence-electron chi connectivity index (χ4n) is 3.36. The van der Waals surface area contributed by atoms with E-state index in [1.165, 1.54) is 12.8 Å². The first kappa shape index (κ1) is 16.5. The summed E-state index contributed by atoms with van der Waals surface area (Å²) < 4.78 is 1.92. The van der Waals surface area contributed by atoms with Crippen LogP contribution in [0, 0.1) is 17.8 Å². The number of nitrogens with two attached hydrogens (primary N) is 1. The lowest BCUT2D eigenvalue weighted by Crippen LogP contribution is -2.25. The van der Waals surface area contributed by atoms with Gasteiger partial charge in [0, 0.05) is 18.9 Å². The Morgan fingerprint density at radius 2 is 2.25 bits per heavy atom. The summed E-state index contributed by atoms with van der Waals surface area (Å²) in [5, 5.41) is 5.23. The average molecular weight is 324 g/mol. The van der Waals surface area contributed by atoms with E-state index in [1.807, 2.05) is 4.68 Å². The van der Waals surface area contributed by atoms with Crippen LogP contribution in [-0.2, 0) is 13.0 Å². The highest BCUT2D eigenvalue weighted by Crippen LogP contribution is 2.34. The van der Waals surface area contributed by atoms with Crippen LogP contribution < -0.4 is 5.73 Å². The Morgan fingerprint density at radius 1 is 1.42 bits per heavy atom. The summed E-state index contributed by atoms with van der Waals surface area (Å²) in [6.07, 6.45) is 7.32. The third-order valence-electron chi connectivity index (χ3n) is 4.75. The second-order valence-electron chi connectivity index (χ2n) is 6.39. The van der Waals surface area contributed by atoms with Gasteiger partial charge in [0.25, 0.3) is 0 Å². The number of carbonyl (C=O) groups is 1. The number of anilines is 1. The van der Waals surface area contributed by atoms with Crippen LogP contribution in [0.5, 0.6) is 0 Å². The number of nitrogens with zero attached hydrogens (tertiary/aromatic N) is 3. The molecular formula is C19H24N4O. The fourth-order valence-corrected chi connectivity index (χ4v) is 3.36. The largest absolute Gasteiger partial charge is 0.397 e. The van der Waals surface area contributed by atoms with Crippen molar-refractivity contribution in [1.29, 1.82) is 0 Å². The lowest BCUT2D eigenvalue weighted by molar-refractivity contribution is 0.0905. The number of aromatic nitrogens is 3. The molecule has 0 saturated heterocycles. The average Bonchev–Trinajstić information content (AvgIpc) is 2.98. The minimum absolute atomic E-state index is 0.0638. The van der Waals surface area contributed by atoms with Crippen molar-refractivity contribution in [3.8, 4) is 11.8 Å². The third-order valence-corrected chi connectivity index (χ3v) is 4.75. The van der Waals surface area contributed by atoms with E-state index in [-0.39, 0.29) is 11.7 Å². The van der Waals surface area contributed by atoms with E-state index in [9.17, 15) is 4.79 Å². The first-order valence-electron chi connectivity index (χ1n) is 8.75. The van der Waals surface area contributed by atoms with Crippen LogP contribution in [-0.4, -0.2) is 20.5 Å². The van der Waals surface area contributed by atoms with Crippen LogP contribution in [0.3, 0.4) is 0 Å². The minimum Gasteiger partial charge on any atom is -0.397 e. The number of unbranched alkanes of at least 4 members (excludes halogenated alkanes) is 2. The Bertz CT molecular complexity index is 825. The van der Waals surface area contributed by atoms with Gasteiger partial charge < -0.3 is 5.73 Å². The molecule has 5 heteroatoms. The number of hydrogen-bond donors (Lipinski definition) is 1. The van der Waals surface area contributed by atoms with Gasteiger partial charge in [-0.2, -0.15) is 5.10 Å². The first-order chi connectivity index (χ1) is 11.7. The predicted octanol–water partition coefficient (Wildman–Crippen LogP) is 3.36. The van der Waals surface area contributed by atoms with Crippen LogP contribution >= 0.6 is 0 Å². The molecule has 126 valence electrons. The Balaban J connectivity index is 1.98. The minimum atomic E-state index is -0.0638. The van der Waals surface area contributed by atoms with Crippen molar-refractivity contribution in [2.75, 3.05) is 5.73 Å². The highest BCUT2D eigenvalue weighted by atomic mass is 16.1. The van der Waals surface area contributed by atoms with Crippen molar-refractivity contribution in [3.05, 3.63) is 17.5 Å². The summed E-state index contributed by atoms with van der Waals surface area (Å²) >= 11 is 0. The van der Waals surface area contributed by atoms with Gasteiger partial charge in [-0.3, -0.25) is 4.79 Å². The Kier molecular flexibility index (Phi) is 4.84. The Hall–Kier alpha value is -2.35. The number of pyridine rings is 1. The summed E-state index contributed by atoms with van der Waals surface area (Å²) in [4.78, 5) is 17.5. The molecule has 0 aromatic carbocycles. The number of Topliss-reactive ketones (excluding diaryl/α,β-unsaturated/α-hetero) is 1. The Morgan fingerprint density at radius 3 is 3.00 bits per heavy atom. The fraction of sp³-hybridized carbons (Fsp3) is 0.526. The van der Waals surface area contributed by atoms with Crippen molar-refractivity contribution in [1.82, 2.24) is 14.8 Å². The molecule has 2 aromatic rings. The zero-order valence-electron chi connectivity index (χ0n) is 14.4. The van der Waals surface area contributed by atoms with Gasteiger partial charge in [-0.15, -0.1) is 11.8 Å². The molecule has 0 saturated carbocycles. The number of nitrogen functional groups attached to an aromatic ring is 1. The standard InChI is InChI=1S/C19H24N4O/c1-3-5-7-11-23-19-14(12-21-23)17(20)16-15(22-19)10-9-13(18(16)24)8-6-4-2/h12-13H,3,5,7-11H2,1-2H3,(H2,20,22). The maximum absolute atomic E-state index is 12.8. The SMILES string of the molecule is CC#CCC1CCc2nc3c(cnn3CCCCC)c(N)c2C1=O. The van der Waals surface area contributed by atoms with Gasteiger partial charge in [-0.05, 0) is 26.2 Å². The summed E-state index contributed by atoms with van der Waals surface area (Å²) in [7, 11) is 0. The van der Waals surface area contributed by atoms with Gasteiger partial charge in [0.1, 0.15) is 0 Å². The molecule has 0 bridgehead atoms. The van der Waals surface area contributed by atoms with E-state index in [2.05, 4.69) is 23.9 Å². The lowest BCUT2D eigenvalue weighted by atomic mass is 9.82. The maximum Gasteiger partial charge on any atom is 0.170 e. The molecule has 2 aromatic heterocycles. The molecule has 0 amide bonds. The van der Waals surface area contributed by atoms with Gasteiger partial charge in [0.15, 0.2) is 11.4 Å². The molecule has 1 atom stereocenters. The monoisotopic (exact) mass is 324 g/mol. The van der Waals surface area contributed by atoms with Crippen molar-refractivity contribution >= 4 is 22.5 Å². The van der Waals surface area contributed by atoms with E-state index >= 15 is 0 Å². The summed E-state index contributed by atoms with van der Waals surface area (Å²) in [6, 6.07) is 0. The molecule has 0 radical (unpaired) electrons. The van der Waals surface area contributed by atoms with E-state index in [0.717, 1.165) is 42.5 Å². The number of rotatable bonds is 5. The zero-order valence-corrected chi connectivity index (χ0v) is 14.4. The summed E-state index contributed by atoms with van der Waals surface area (Å²) in [6.45, 7) is 4.82. The summed E-state index contributed by atoms with van der Waals surface area (Å²) in [5.41, 5.74) is 9.11. The van der Waals surface area contributed by atoms with Gasteiger partial charge in [-0.1, -0.05) is 19.8 Å². The van der Waals surface area contributed by atoms with Crippen molar-refractivity contribution < 1.29 is 4.79 Å². The lowest BCUT2D eigenvalue weighted by Gasteiger charge is -2.22. The van der Waals surface area contributed by atoms with E-state index in [4.69, 9.17) is 10.7 Å². The van der Waals surface area contributed by atoms with Gasteiger partial charge >= 0.3 is 0 Å². The van der Waals surface area contributed by atoms with Crippen LogP contribution in [0.2, 0.25) is 0 Å². The second kappa shape index (κ2) is 7.04. The normalized spacial score (nSPS) is 16.8. The highest BCUT2D eigenvalue weighted by molar-refractivity contribution is 6.09. The molecule has 1 aliphatic carbocycles. The molecule has 0 spiro atoms. The smallest absolute Gasteiger partial charge is 0.170 e. The molecule has 1 aliphatic rings. The third kappa shape index (κ3) is 2.89. The van der Waals surface area contributed by atoms with Gasteiger partial charge in [0.2, 0.25) is 0 Å². The molecule has 2 heterocycles. The molecule has 2 N–H and O–H groups in total. The van der Waals surface area contributed by atoms with Crippen LogP contribution in [0.25, 0.3) is 11.0 Å². The molecular weight excluding hydrogens is 300 g/mol. The predicted molar refractivity (Wildman–Crippen MR) is 95.7 cm³/mol. The number of carbonyl (C=O) groups excluding carboxylic acids is 1. The summed E-state index contributed by atoms with van der Waals surface area (Å²) in [5.74, 6) is 5.91. The number of fused-ring (bicyclic) bond motifs is 2. The first-order valence-corrected chi connectivity index (χ1v) is 8.75. The highest BCUT2D eigenvalue weighted by Gasteiger charge is 2.31. The van der Waals surface area contributed by atoms with Gasteiger partial charge in [0.05, 0.1) is 28.5 Å². The van der Waals surface area contributed by atoms with Crippen LogP contribution in [0.1, 0.15) is 62.0 Å². The van der Waals surface area contributed by atoms with Crippen molar-refractivity contribution in [3.63, 3.8) is 0 Å². The molecule has 0 fully saturated rings. The van der Waals surface area contributed by atoms with Crippen molar-refractivity contribution in [2.24, 2.45) is 5.92 Å². The van der Waals surface area contributed by atoms with E-state index < -0.39 is 0 Å². The molecule has 24 heavy (non-hydrogen) atoms. The molecule has 3 rings (SSSR count). The maximum atomic E-state index is 12.8. The topological polar surface area (TPSA) is 73.8 Å². The van der Waals surface area contributed by atoms with E-state index in [0.29, 0.717) is 17.7 Å². The molecule has 1 unspecified atom stereocenters.